The molecule has 28 heavy (non-hydrogen) atoms. The van der Waals surface area contributed by atoms with Gasteiger partial charge >= 0.3 is 5.97 Å². The number of para-hydroxylation sites is 1. The fraction of sp³-hybridized carbons (Fsp3) is 0.381. The Bertz CT molecular complexity index is 997. The second kappa shape index (κ2) is 7.75. The molecule has 1 aliphatic rings. The Morgan fingerprint density at radius 3 is 2.68 bits per heavy atom. The lowest BCUT2D eigenvalue weighted by molar-refractivity contribution is -0.120. The Hall–Kier alpha value is -2.67. The van der Waals surface area contributed by atoms with Gasteiger partial charge in [0.05, 0.1) is 22.9 Å². The number of ether oxygens (including phenoxy) is 1. The van der Waals surface area contributed by atoms with E-state index in [1.807, 2.05) is 24.3 Å². The largest absolute Gasteiger partial charge is 0.465 e. The molecule has 2 aromatic heterocycles. The summed E-state index contributed by atoms with van der Waals surface area (Å²) in [4.78, 5) is 29.9. The number of fused-ring (bicyclic) bond motifs is 1. The van der Waals surface area contributed by atoms with Gasteiger partial charge in [-0.3, -0.25) is 10.1 Å². The Balaban J connectivity index is 1.77. The van der Waals surface area contributed by atoms with Crippen LogP contribution in [0.1, 0.15) is 48.2 Å². The first-order valence-corrected chi connectivity index (χ1v) is 10.3. The molecule has 146 valence electrons. The molecule has 1 N–H and O–H groups in total. The van der Waals surface area contributed by atoms with Gasteiger partial charge in [0.25, 0.3) is 0 Å². The van der Waals surface area contributed by atoms with Crippen molar-refractivity contribution in [2.24, 2.45) is 5.92 Å². The number of rotatable bonds is 4. The second-order valence-corrected chi connectivity index (χ2v) is 8.07. The van der Waals surface area contributed by atoms with Crippen molar-refractivity contribution in [1.29, 1.82) is 0 Å². The van der Waals surface area contributed by atoms with Crippen molar-refractivity contribution in [1.82, 2.24) is 4.98 Å². The Kier molecular flexibility index (Phi) is 5.17. The summed E-state index contributed by atoms with van der Waals surface area (Å²) in [6.07, 6.45) is 5.06. The quantitative estimate of drug-likeness (QED) is 0.613. The number of carbonyl (C=O) groups is 2. The minimum atomic E-state index is -0.506. The summed E-state index contributed by atoms with van der Waals surface area (Å²) in [5.41, 5.74) is 1.64. The Labute approximate surface area is 166 Å². The van der Waals surface area contributed by atoms with E-state index in [1.165, 1.54) is 24.9 Å². The average Bonchev–Trinajstić information content (AvgIpc) is 3.28. The van der Waals surface area contributed by atoms with Crippen LogP contribution in [0.3, 0.4) is 0 Å². The monoisotopic (exact) mass is 398 g/mol. The molecule has 1 aliphatic carbocycles. The number of aromatic nitrogens is 1. The van der Waals surface area contributed by atoms with E-state index in [2.05, 4.69) is 10.3 Å². The SMILES string of the molecule is COC(=O)c1c(C)oc(NC(=O)C2CCCCC2)c1-c1nc2ccccc2s1. The molecule has 2 heterocycles. The summed E-state index contributed by atoms with van der Waals surface area (Å²) < 4.78 is 11.8. The molecule has 4 rings (SSSR count). The molecule has 3 aromatic rings. The zero-order valence-corrected chi connectivity index (χ0v) is 16.7. The van der Waals surface area contributed by atoms with Crippen LogP contribution in [0.25, 0.3) is 20.8 Å². The lowest BCUT2D eigenvalue weighted by atomic mass is 9.88. The molecule has 0 saturated heterocycles. The van der Waals surface area contributed by atoms with Gasteiger partial charge in [0.15, 0.2) is 0 Å². The van der Waals surface area contributed by atoms with Gasteiger partial charge in [0.2, 0.25) is 11.8 Å². The maximum atomic E-state index is 12.8. The number of furan rings is 1. The molecule has 0 aliphatic heterocycles. The van der Waals surface area contributed by atoms with Gasteiger partial charge in [-0.15, -0.1) is 11.3 Å². The predicted octanol–water partition coefficient (Wildman–Crippen LogP) is 5.17. The van der Waals surface area contributed by atoms with Gasteiger partial charge in [-0.05, 0) is 31.9 Å². The zero-order chi connectivity index (χ0) is 19.7. The molecular formula is C21H22N2O4S. The van der Waals surface area contributed by atoms with E-state index in [0.717, 1.165) is 35.9 Å². The molecule has 0 radical (unpaired) electrons. The second-order valence-electron chi connectivity index (χ2n) is 7.04. The van der Waals surface area contributed by atoms with Gasteiger partial charge in [-0.25, -0.2) is 9.78 Å². The number of anilines is 1. The number of hydrogen-bond donors (Lipinski definition) is 1. The number of benzene rings is 1. The maximum Gasteiger partial charge on any atom is 0.342 e. The topological polar surface area (TPSA) is 81.4 Å². The van der Waals surface area contributed by atoms with Gasteiger partial charge in [-0.2, -0.15) is 0 Å². The van der Waals surface area contributed by atoms with Crippen molar-refractivity contribution in [2.75, 3.05) is 12.4 Å². The number of nitrogens with zero attached hydrogens (tertiary/aromatic N) is 1. The van der Waals surface area contributed by atoms with Gasteiger partial charge in [0, 0.05) is 5.92 Å². The molecule has 1 amide bonds. The van der Waals surface area contributed by atoms with E-state index >= 15 is 0 Å². The fourth-order valence-corrected chi connectivity index (χ4v) is 4.76. The van der Waals surface area contributed by atoms with E-state index in [4.69, 9.17) is 9.15 Å². The molecular weight excluding hydrogens is 376 g/mol. The van der Waals surface area contributed by atoms with Crippen molar-refractivity contribution in [3.05, 3.63) is 35.6 Å². The standard InChI is InChI=1S/C21H22N2O4S/c1-12-16(21(25)26-2)17(20-22-14-10-6-7-11-15(14)28-20)19(27-12)23-18(24)13-8-4-3-5-9-13/h6-7,10-11,13H,3-5,8-9H2,1-2H3,(H,23,24). The van der Waals surface area contributed by atoms with Crippen molar-refractivity contribution < 1.29 is 18.7 Å². The normalized spacial score (nSPS) is 14.9. The van der Waals surface area contributed by atoms with E-state index in [-0.39, 0.29) is 17.7 Å². The highest BCUT2D eigenvalue weighted by Gasteiger charge is 2.30. The average molecular weight is 398 g/mol. The smallest absolute Gasteiger partial charge is 0.342 e. The van der Waals surface area contributed by atoms with Crippen molar-refractivity contribution in [3.8, 4) is 10.6 Å². The number of methoxy groups -OCH3 is 1. The summed E-state index contributed by atoms with van der Waals surface area (Å²) in [5, 5.41) is 3.54. The van der Waals surface area contributed by atoms with Crippen LogP contribution in [0.15, 0.2) is 28.7 Å². The number of hydrogen-bond acceptors (Lipinski definition) is 6. The number of aryl methyl sites for hydroxylation is 1. The van der Waals surface area contributed by atoms with E-state index in [1.54, 1.807) is 6.92 Å². The van der Waals surface area contributed by atoms with Crippen molar-refractivity contribution in [3.63, 3.8) is 0 Å². The first kappa shape index (κ1) is 18.7. The minimum Gasteiger partial charge on any atom is -0.465 e. The molecule has 6 nitrogen and oxygen atoms in total. The fourth-order valence-electron chi connectivity index (χ4n) is 3.74. The zero-order valence-electron chi connectivity index (χ0n) is 15.9. The molecule has 0 atom stereocenters. The van der Waals surface area contributed by atoms with Crippen molar-refractivity contribution >= 4 is 39.3 Å². The Morgan fingerprint density at radius 1 is 1.21 bits per heavy atom. The summed E-state index contributed by atoms with van der Waals surface area (Å²) in [7, 11) is 1.33. The molecule has 0 spiro atoms. The lowest BCUT2D eigenvalue weighted by Gasteiger charge is -2.20. The highest BCUT2D eigenvalue weighted by Crippen LogP contribution is 2.41. The van der Waals surface area contributed by atoms with Gasteiger partial charge in [0.1, 0.15) is 16.3 Å². The van der Waals surface area contributed by atoms with E-state index in [9.17, 15) is 9.59 Å². The molecule has 7 heteroatoms. The Morgan fingerprint density at radius 2 is 1.96 bits per heavy atom. The number of carbonyl (C=O) groups excluding carboxylic acids is 2. The number of thiazole rings is 1. The highest BCUT2D eigenvalue weighted by molar-refractivity contribution is 7.21. The van der Waals surface area contributed by atoms with Crippen LogP contribution in [0.5, 0.6) is 0 Å². The lowest BCUT2D eigenvalue weighted by Crippen LogP contribution is -2.24. The van der Waals surface area contributed by atoms with Crippen LogP contribution in [-0.4, -0.2) is 24.0 Å². The summed E-state index contributed by atoms with van der Waals surface area (Å²) >= 11 is 1.45. The van der Waals surface area contributed by atoms with Crippen LogP contribution in [0.4, 0.5) is 5.88 Å². The molecule has 1 aromatic carbocycles. The summed E-state index contributed by atoms with van der Waals surface area (Å²) in [5.74, 6) is 0.0810. The first-order valence-electron chi connectivity index (χ1n) is 9.47. The maximum absolute atomic E-state index is 12.8. The highest BCUT2D eigenvalue weighted by atomic mass is 32.1. The van der Waals surface area contributed by atoms with Crippen molar-refractivity contribution in [2.45, 2.75) is 39.0 Å². The van der Waals surface area contributed by atoms with Crippen LogP contribution >= 0.6 is 11.3 Å². The van der Waals surface area contributed by atoms with Crippen LogP contribution in [-0.2, 0) is 9.53 Å². The van der Waals surface area contributed by atoms with Crippen LogP contribution < -0.4 is 5.32 Å². The number of esters is 1. The van der Waals surface area contributed by atoms with Crippen LogP contribution in [0, 0.1) is 12.8 Å². The summed E-state index contributed by atoms with van der Waals surface area (Å²) in [6.45, 7) is 1.69. The first-order chi connectivity index (χ1) is 13.6. The van der Waals surface area contributed by atoms with Gasteiger partial charge < -0.3 is 9.15 Å². The third-order valence-electron chi connectivity index (χ3n) is 5.19. The molecule has 0 bridgehead atoms. The molecule has 1 fully saturated rings. The third-order valence-corrected chi connectivity index (χ3v) is 6.25. The van der Waals surface area contributed by atoms with E-state index in [0.29, 0.717) is 21.9 Å². The minimum absolute atomic E-state index is 0.0241. The number of amides is 1. The molecule has 1 saturated carbocycles. The summed E-state index contributed by atoms with van der Waals surface area (Å²) in [6, 6.07) is 7.75. The van der Waals surface area contributed by atoms with E-state index < -0.39 is 5.97 Å². The number of nitrogens with one attached hydrogen (secondary N) is 1. The molecule has 0 unspecified atom stereocenters. The van der Waals surface area contributed by atoms with Crippen LogP contribution in [0.2, 0.25) is 0 Å². The predicted molar refractivity (Wildman–Crippen MR) is 109 cm³/mol. The van der Waals surface area contributed by atoms with Gasteiger partial charge in [-0.1, -0.05) is 31.4 Å². The third kappa shape index (κ3) is 3.42.